The quantitative estimate of drug-likeness (QED) is 0.564. The van der Waals surface area contributed by atoms with Crippen LogP contribution in [0.1, 0.15) is 49.1 Å². The van der Waals surface area contributed by atoms with Gasteiger partial charge in [-0.15, -0.1) is 0 Å². The fourth-order valence-electron chi connectivity index (χ4n) is 3.60. The molecule has 4 N–H and O–H groups in total. The molecule has 1 aliphatic heterocycles. The molecule has 5 nitrogen and oxygen atoms in total. The predicted octanol–water partition coefficient (Wildman–Crippen LogP) is 3.51. The molecule has 0 unspecified atom stereocenters. The number of allylic oxidation sites excluding steroid dienone is 1. The first-order valence-electron chi connectivity index (χ1n) is 10.5. The van der Waals surface area contributed by atoms with E-state index in [0.29, 0.717) is 17.0 Å². The highest BCUT2D eigenvalue weighted by atomic mass is 35.5. The van der Waals surface area contributed by atoms with Crippen molar-refractivity contribution in [2.75, 3.05) is 6.61 Å². The van der Waals surface area contributed by atoms with Gasteiger partial charge in [0.1, 0.15) is 30.5 Å². The second-order valence-corrected chi connectivity index (χ2v) is 9.63. The molecule has 2 aromatic carbocycles. The van der Waals surface area contributed by atoms with Crippen molar-refractivity contribution < 1.29 is 25.2 Å². The third-order valence-corrected chi connectivity index (χ3v) is 5.81. The van der Waals surface area contributed by atoms with E-state index in [4.69, 9.17) is 16.3 Å². The molecular formula is C25H31ClO5. The molecule has 0 aromatic heterocycles. The molecule has 0 saturated carbocycles. The highest BCUT2D eigenvalue weighted by molar-refractivity contribution is 6.31. The van der Waals surface area contributed by atoms with Crippen LogP contribution in [0.3, 0.4) is 0 Å². The largest absolute Gasteiger partial charge is 0.394 e. The van der Waals surface area contributed by atoms with Crippen molar-refractivity contribution in [3.8, 4) is 0 Å². The summed E-state index contributed by atoms with van der Waals surface area (Å²) in [6.45, 7) is 6.00. The minimum absolute atomic E-state index is 0.122. The zero-order valence-electron chi connectivity index (χ0n) is 18.1. The van der Waals surface area contributed by atoms with Crippen LogP contribution in [0.2, 0.25) is 5.02 Å². The number of rotatable bonds is 5. The summed E-state index contributed by atoms with van der Waals surface area (Å²) in [5.74, 6) is 0. The van der Waals surface area contributed by atoms with Gasteiger partial charge < -0.3 is 25.2 Å². The maximum Gasteiger partial charge on any atom is 0.113 e. The molecule has 6 heteroatoms. The number of benzene rings is 2. The monoisotopic (exact) mass is 446 g/mol. The Labute approximate surface area is 188 Å². The zero-order chi connectivity index (χ0) is 22.8. The van der Waals surface area contributed by atoms with E-state index in [1.807, 2.05) is 6.07 Å². The van der Waals surface area contributed by atoms with Crippen LogP contribution in [-0.4, -0.2) is 51.4 Å². The summed E-state index contributed by atoms with van der Waals surface area (Å²) in [6, 6.07) is 13.5. The third-order valence-electron chi connectivity index (χ3n) is 5.44. The predicted molar refractivity (Wildman–Crippen MR) is 122 cm³/mol. The maximum atomic E-state index is 10.4. The Morgan fingerprint density at radius 2 is 1.65 bits per heavy atom. The van der Waals surface area contributed by atoms with Gasteiger partial charge in [-0.1, -0.05) is 80.9 Å². The molecule has 0 aliphatic carbocycles. The summed E-state index contributed by atoms with van der Waals surface area (Å²) in [6.07, 6.45) is -1.07. The number of aliphatic hydroxyl groups is 4. The van der Waals surface area contributed by atoms with Crippen molar-refractivity contribution in [3.05, 3.63) is 75.8 Å². The van der Waals surface area contributed by atoms with E-state index >= 15 is 0 Å². The Bertz CT molecular complexity index is 901. The van der Waals surface area contributed by atoms with Crippen LogP contribution < -0.4 is 0 Å². The van der Waals surface area contributed by atoms with Gasteiger partial charge in [0.05, 0.1) is 6.61 Å². The van der Waals surface area contributed by atoms with Crippen LogP contribution in [0.25, 0.3) is 6.08 Å². The van der Waals surface area contributed by atoms with Gasteiger partial charge in [-0.25, -0.2) is 0 Å². The van der Waals surface area contributed by atoms with Gasteiger partial charge in [0.25, 0.3) is 0 Å². The molecule has 0 radical (unpaired) electrons. The van der Waals surface area contributed by atoms with Crippen molar-refractivity contribution in [2.24, 2.45) is 5.41 Å². The molecule has 31 heavy (non-hydrogen) atoms. The molecule has 1 fully saturated rings. The lowest BCUT2D eigenvalue weighted by Gasteiger charge is -2.40. The Morgan fingerprint density at radius 1 is 0.968 bits per heavy atom. The average molecular weight is 447 g/mol. The van der Waals surface area contributed by atoms with Gasteiger partial charge in [-0.05, 0) is 40.2 Å². The molecular weight excluding hydrogens is 416 g/mol. The molecule has 1 aliphatic rings. The van der Waals surface area contributed by atoms with Crippen LogP contribution in [-0.2, 0) is 11.2 Å². The SMILES string of the molecule is CC(C)(C)C=Cc1ccc(Cc2cc([C@@H]3O[C@H](CO)[C@@H](O)[C@H](O)[C@H]3O)ccc2Cl)cc1. The Morgan fingerprint density at radius 3 is 2.26 bits per heavy atom. The number of aliphatic hydroxyl groups excluding tert-OH is 4. The molecule has 1 saturated heterocycles. The third kappa shape index (κ3) is 5.95. The molecule has 3 rings (SSSR count). The second kappa shape index (κ2) is 9.82. The lowest BCUT2D eigenvalue weighted by Crippen LogP contribution is -2.55. The van der Waals surface area contributed by atoms with E-state index in [1.165, 1.54) is 0 Å². The van der Waals surface area contributed by atoms with Gasteiger partial charge in [0, 0.05) is 5.02 Å². The molecule has 168 valence electrons. The first-order chi connectivity index (χ1) is 14.6. The Hall–Kier alpha value is -1.73. The summed E-state index contributed by atoms with van der Waals surface area (Å²) < 4.78 is 5.67. The van der Waals surface area contributed by atoms with Crippen molar-refractivity contribution in [1.29, 1.82) is 0 Å². The van der Waals surface area contributed by atoms with E-state index in [0.717, 1.165) is 16.7 Å². The van der Waals surface area contributed by atoms with Crippen molar-refractivity contribution in [1.82, 2.24) is 0 Å². The van der Waals surface area contributed by atoms with E-state index in [-0.39, 0.29) is 5.41 Å². The van der Waals surface area contributed by atoms with Gasteiger partial charge in [0.2, 0.25) is 0 Å². The van der Waals surface area contributed by atoms with E-state index in [9.17, 15) is 20.4 Å². The Balaban J connectivity index is 1.79. The van der Waals surface area contributed by atoms with Gasteiger partial charge in [0.15, 0.2) is 0 Å². The lowest BCUT2D eigenvalue weighted by molar-refractivity contribution is -0.231. The molecule has 5 atom stereocenters. The summed E-state index contributed by atoms with van der Waals surface area (Å²) in [7, 11) is 0. The smallest absolute Gasteiger partial charge is 0.113 e. The standard InChI is InChI=1S/C25H31ClO5/c1-25(2,3)11-10-15-4-6-16(7-5-15)12-18-13-17(8-9-19(18)26)24-23(30)22(29)21(28)20(14-27)31-24/h4-11,13,20-24,27-30H,12,14H2,1-3H3/t20-,21-,22+,23-,24+/m1/s1. The average Bonchev–Trinajstić information content (AvgIpc) is 2.73. The van der Waals surface area contributed by atoms with Gasteiger partial charge >= 0.3 is 0 Å². The first-order valence-corrected chi connectivity index (χ1v) is 10.8. The van der Waals surface area contributed by atoms with Crippen LogP contribution in [0.4, 0.5) is 0 Å². The van der Waals surface area contributed by atoms with Crippen LogP contribution in [0, 0.1) is 5.41 Å². The molecule has 0 bridgehead atoms. The first kappa shape index (κ1) is 23.9. The van der Waals surface area contributed by atoms with E-state index in [1.54, 1.807) is 12.1 Å². The highest BCUT2D eigenvalue weighted by Crippen LogP contribution is 2.34. The van der Waals surface area contributed by atoms with E-state index in [2.05, 4.69) is 57.2 Å². The highest BCUT2D eigenvalue weighted by Gasteiger charge is 2.44. The molecule has 1 heterocycles. The summed E-state index contributed by atoms with van der Waals surface area (Å²) in [5, 5.41) is 40.5. The van der Waals surface area contributed by atoms with Crippen LogP contribution in [0.15, 0.2) is 48.5 Å². The van der Waals surface area contributed by atoms with Gasteiger partial charge in [-0.3, -0.25) is 0 Å². The van der Waals surface area contributed by atoms with Crippen LogP contribution >= 0.6 is 11.6 Å². The van der Waals surface area contributed by atoms with Gasteiger partial charge in [-0.2, -0.15) is 0 Å². The number of halogens is 1. The van der Waals surface area contributed by atoms with Crippen molar-refractivity contribution in [3.63, 3.8) is 0 Å². The fraction of sp³-hybridized carbons (Fsp3) is 0.440. The normalized spacial score (nSPS) is 27.0. The van der Waals surface area contributed by atoms with Crippen LogP contribution in [0.5, 0.6) is 0 Å². The zero-order valence-corrected chi connectivity index (χ0v) is 18.8. The lowest BCUT2D eigenvalue weighted by atomic mass is 9.90. The van der Waals surface area contributed by atoms with E-state index < -0.39 is 37.1 Å². The second-order valence-electron chi connectivity index (χ2n) is 9.22. The minimum atomic E-state index is -1.41. The topological polar surface area (TPSA) is 90.2 Å². The summed E-state index contributed by atoms with van der Waals surface area (Å²) in [5.41, 5.74) is 3.81. The number of hydrogen-bond donors (Lipinski definition) is 4. The number of ether oxygens (including phenoxy) is 1. The molecule has 2 aromatic rings. The molecule has 0 spiro atoms. The molecule has 0 amide bonds. The summed E-state index contributed by atoms with van der Waals surface area (Å²) >= 11 is 6.42. The Kier molecular flexibility index (Phi) is 7.58. The fourth-order valence-corrected chi connectivity index (χ4v) is 3.78. The van der Waals surface area contributed by atoms with Crippen molar-refractivity contribution in [2.45, 2.75) is 57.7 Å². The number of hydrogen-bond acceptors (Lipinski definition) is 5. The maximum absolute atomic E-state index is 10.4. The summed E-state index contributed by atoms with van der Waals surface area (Å²) in [4.78, 5) is 0. The minimum Gasteiger partial charge on any atom is -0.394 e. The van der Waals surface area contributed by atoms with Crippen molar-refractivity contribution >= 4 is 17.7 Å².